The lowest BCUT2D eigenvalue weighted by Gasteiger charge is -2.31. The number of likely N-dealkylation sites (tertiary alicyclic amines) is 1. The van der Waals surface area contributed by atoms with Crippen molar-refractivity contribution in [3.63, 3.8) is 0 Å². The molecule has 3 heterocycles. The Morgan fingerprint density at radius 1 is 1.50 bits per heavy atom. The summed E-state index contributed by atoms with van der Waals surface area (Å²) in [7, 11) is 1.96. The number of carbonyl (C=O) groups is 1. The molecule has 0 bridgehead atoms. The van der Waals surface area contributed by atoms with Gasteiger partial charge in [-0.3, -0.25) is 4.79 Å². The first-order valence-electron chi connectivity index (χ1n) is 7.82. The molecule has 0 saturated carbocycles. The van der Waals surface area contributed by atoms with Crippen LogP contribution in [-0.2, 0) is 13.5 Å². The molecule has 0 aliphatic carbocycles. The van der Waals surface area contributed by atoms with Crippen molar-refractivity contribution in [2.45, 2.75) is 39.0 Å². The fourth-order valence-electron chi connectivity index (χ4n) is 3.17. The minimum absolute atomic E-state index is 0.166. The van der Waals surface area contributed by atoms with Crippen LogP contribution >= 0.6 is 11.3 Å². The van der Waals surface area contributed by atoms with Crippen LogP contribution in [-0.4, -0.2) is 38.7 Å². The molecule has 0 N–H and O–H groups in total. The number of thiophene rings is 1. The van der Waals surface area contributed by atoms with Gasteiger partial charge in [0, 0.05) is 30.9 Å². The van der Waals surface area contributed by atoms with E-state index in [0.717, 1.165) is 43.1 Å². The summed E-state index contributed by atoms with van der Waals surface area (Å²) in [5, 5.41) is 8.18. The molecule has 3 rings (SSSR count). The summed E-state index contributed by atoms with van der Waals surface area (Å²) in [4.78, 5) is 16.9. The monoisotopic (exact) mass is 318 g/mol. The molecule has 1 fully saturated rings. The lowest BCUT2D eigenvalue weighted by molar-refractivity contribution is 0.0708. The molecule has 2 aromatic rings. The Morgan fingerprint density at radius 2 is 2.32 bits per heavy atom. The van der Waals surface area contributed by atoms with Gasteiger partial charge < -0.3 is 9.47 Å². The summed E-state index contributed by atoms with van der Waals surface area (Å²) < 4.78 is 1.96. The van der Waals surface area contributed by atoms with Crippen molar-refractivity contribution in [2.24, 2.45) is 7.05 Å². The van der Waals surface area contributed by atoms with Crippen molar-refractivity contribution in [1.82, 2.24) is 19.7 Å². The minimum Gasteiger partial charge on any atom is -0.337 e. The highest BCUT2D eigenvalue weighted by atomic mass is 32.1. The topological polar surface area (TPSA) is 51.0 Å². The Labute approximate surface area is 135 Å². The second-order valence-electron chi connectivity index (χ2n) is 5.94. The van der Waals surface area contributed by atoms with E-state index in [1.165, 1.54) is 10.4 Å². The molecule has 0 aromatic carbocycles. The zero-order valence-corrected chi connectivity index (χ0v) is 14.2. The number of nitrogens with zero attached hydrogens (tertiary/aromatic N) is 4. The molecule has 1 saturated heterocycles. The Balaban J connectivity index is 1.76. The molecule has 2 aromatic heterocycles. The summed E-state index contributed by atoms with van der Waals surface area (Å²) in [5.41, 5.74) is 1.29. The van der Waals surface area contributed by atoms with Crippen LogP contribution in [0.2, 0.25) is 0 Å². The summed E-state index contributed by atoms with van der Waals surface area (Å²) in [6.45, 7) is 5.81. The van der Waals surface area contributed by atoms with Crippen LogP contribution in [0.15, 0.2) is 12.4 Å². The minimum atomic E-state index is 0.166. The zero-order chi connectivity index (χ0) is 15.7. The lowest BCUT2D eigenvalue weighted by Crippen LogP contribution is -2.39. The zero-order valence-electron chi connectivity index (χ0n) is 13.4. The molecule has 118 valence electrons. The summed E-state index contributed by atoms with van der Waals surface area (Å²) in [5.74, 6) is 1.44. The van der Waals surface area contributed by atoms with E-state index in [1.807, 2.05) is 16.5 Å². The highest BCUT2D eigenvalue weighted by Gasteiger charge is 2.28. The van der Waals surface area contributed by atoms with Gasteiger partial charge in [0.1, 0.15) is 12.2 Å². The maximum Gasteiger partial charge on any atom is 0.263 e. The van der Waals surface area contributed by atoms with E-state index < -0.39 is 0 Å². The molecule has 1 aliphatic rings. The smallest absolute Gasteiger partial charge is 0.263 e. The summed E-state index contributed by atoms with van der Waals surface area (Å²) in [6.07, 6.45) is 4.80. The van der Waals surface area contributed by atoms with Gasteiger partial charge in [-0.05, 0) is 37.8 Å². The second kappa shape index (κ2) is 6.20. The average Bonchev–Trinajstić information content (AvgIpc) is 3.12. The van der Waals surface area contributed by atoms with E-state index in [4.69, 9.17) is 0 Å². The molecule has 1 aliphatic heterocycles. The van der Waals surface area contributed by atoms with E-state index >= 15 is 0 Å². The van der Waals surface area contributed by atoms with Crippen molar-refractivity contribution >= 4 is 17.2 Å². The third-order valence-corrected chi connectivity index (χ3v) is 5.51. The normalized spacial score (nSPS) is 18.7. The Hall–Kier alpha value is -1.69. The number of rotatable bonds is 3. The largest absolute Gasteiger partial charge is 0.337 e. The summed E-state index contributed by atoms with van der Waals surface area (Å²) >= 11 is 1.62. The van der Waals surface area contributed by atoms with Crippen LogP contribution in [0.3, 0.4) is 0 Å². The number of aryl methyl sites for hydroxylation is 3. The van der Waals surface area contributed by atoms with Crippen LogP contribution < -0.4 is 0 Å². The van der Waals surface area contributed by atoms with Gasteiger partial charge in [-0.1, -0.05) is 6.92 Å². The lowest BCUT2D eigenvalue weighted by atomic mass is 9.97. The van der Waals surface area contributed by atoms with Crippen LogP contribution in [0.4, 0.5) is 0 Å². The van der Waals surface area contributed by atoms with Crippen LogP contribution in [0.25, 0.3) is 0 Å². The fraction of sp³-hybridized carbons (Fsp3) is 0.562. The quantitative estimate of drug-likeness (QED) is 0.874. The standard InChI is InChI=1S/C16H22N4OS/c1-4-12-8-14(22-11(12)2)16(21)20-7-5-6-13(9-20)15-18-17-10-19(15)3/h8,10,13H,4-7,9H2,1-3H3/t13-/m0/s1. The molecule has 5 nitrogen and oxygen atoms in total. The Morgan fingerprint density at radius 3 is 2.95 bits per heavy atom. The molecule has 0 unspecified atom stereocenters. The molecule has 22 heavy (non-hydrogen) atoms. The van der Waals surface area contributed by atoms with E-state index in [1.54, 1.807) is 17.7 Å². The van der Waals surface area contributed by atoms with E-state index in [-0.39, 0.29) is 11.8 Å². The third-order valence-electron chi connectivity index (χ3n) is 4.43. The first-order valence-corrected chi connectivity index (χ1v) is 8.64. The highest BCUT2D eigenvalue weighted by Crippen LogP contribution is 2.28. The van der Waals surface area contributed by atoms with E-state index in [2.05, 4.69) is 30.1 Å². The van der Waals surface area contributed by atoms with Gasteiger partial charge in [0.05, 0.1) is 4.88 Å². The number of hydrogen-bond donors (Lipinski definition) is 0. The first kappa shape index (κ1) is 15.2. The van der Waals surface area contributed by atoms with Crippen LogP contribution in [0.1, 0.15) is 51.6 Å². The second-order valence-corrected chi connectivity index (χ2v) is 7.19. The molecular formula is C16H22N4OS. The average molecular weight is 318 g/mol. The molecular weight excluding hydrogens is 296 g/mol. The third kappa shape index (κ3) is 2.79. The molecule has 1 atom stereocenters. The van der Waals surface area contributed by atoms with Crippen LogP contribution in [0, 0.1) is 6.92 Å². The van der Waals surface area contributed by atoms with Crippen molar-refractivity contribution in [1.29, 1.82) is 0 Å². The van der Waals surface area contributed by atoms with Gasteiger partial charge in [0.25, 0.3) is 5.91 Å². The van der Waals surface area contributed by atoms with Crippen LogP contribution in [0.5, 0.6) is 0 Å². The first-order chi connectivity index (χ1) is 10.6. The van der Waals surface area contributed by atoms with E-state index in [9.17, 15) is 4.79 Å². The van der Waals surface area contributed by atoms with Gasteiger partial charge in [-0.2, -0.15) is 0 Å². The predicted molar refractivity (Wildman–Crippen MR) is 87.3 cm³/mol. The Kier molecular flexibility index (Phi) is 4.29. The van der Waals surface area contributed by atoms with Gasteiger partial charge in [0.15, 0.2) is 0 Å². The predicted octanol–water partition coefficient (Wildman–Crippen LogP) is 2.77. The molecule has 0 radical (unpaired) electrons. The number of carbonyl (C=O) groups excluding carboxylic acids is 1. The van der Waals surface area contributed by atoms with Gasteiger partial charge in [-0.15, -0.1) is 21.5 Å². The van der Waals surface area contributed by atoms with E-state index in [0.29, 0.717) is 0 Å². The maximum absolute atomic E-state index is 12.8. The van der Waals surface area contributed by atoms with Crippen molar-refractivity contribution in [3.8, 4) is 0 Å². The van der Waals surface area contributed by atoms with Crippen molar-refractivity contribution < 1.29 is 4.79 Å². The maximum atomic E-state index is 12.8. The van der Waals surface area contributed by atoms with Gasteiger partial charge in [-0.25, -0.2) is 0 Å². The number of piperidine rings is 1. The van der Waals surface area contributed by atoms with Gasteiger partial charge >= 0.3 is 0 Å². The number of hydrogen-bond acceptors (Lipinski definition) is 4. The number of aromatic nitrogens is 3. The molecule has 0 spiro atoms. The fourth-order valence-corrected chi connectivity index (χ4v) is 4.25. The van der Waals surface area contributed by atoms with Gasteiger partial charge in [0.2, 0.25) is 0 Å². The highest BCUT2D eigenvalue weighted by molar-refractivity contribution is 7.14. The SMILES string of the molecule is CCc1cc(C(=O)N2CCC[C@H](c3nncn3C)C2)sc1C. The summed E-state index contributed by atoms with van der Waals surface area (Å²) in [6, 6.07) is 2.06. The van der Waals surface area contributed by atoms with Crippen molar-refractivity contribution in [3.05, 3.63) is 33.5 Å². The Bertz CT molecular complexity index is 675. The van der Waals surface area contributed by atoms with Crippen molar-refractivity contribution in [2.75, 3.05) is 13.1 Å². The molecule has 6 heteroatoms. The molecule has 1 amide bonds. The number of amides is 1.